The third-order valence-corrected chi connectivity index (χ3v) is 5.72. The van der Waals surface area contributed by atoms with Crippen LogP contribution in [0.1, 0.15) is 17.2 Å². The molecule has 9 heteroatoms. The molecule has 1 aromatic carbocycles. The van der Waals surface area contributed by atoms with Gasteiger partial charge in [0.15, 0.2) is 0 Å². The SMILES string of the molecule is C=CCN1C(=O)N[C@H](c2ccccc2Cl)C2=C1CN(CC(=O)NCc1cccnc1)C2=O. The lowest BCUT2D eigenvalue weighted by molar-refractivity contribution is -0.132. The second-order valence-corrected chi connectivity index (χ2v) is 7.87. The zero-order valence-corrected chi connectivity index (χ0v) is 18.0. The minimum absolute atomic E-state index is 0.128. The molecule has 8 nitrogen and oxygen atoms in total. The van der Waals surface area contributed by atoms with Crippen LogP contribution >= 0.6 is 11.6 Å². The molecule has 0 bridgehead atoms. The zero-order valence-electron chi connectivity index (χ0n) is 17.3. The maximum absolute atomic E-state index is 13.3. The summed E-state index contributed by atoms with van der Waals surface area (Å²) >= 11 is 6.36. The van der Waals surface area contributed by atoms with Crippen LogP contribution in [0.4, 0.5) is 4.79 Å². The number of nitrogens with one attached hydrogen (secondary N) is 2. The van der Waals surface area contributed by atoms with Gasteiger partial charge in [0.2, 0.25) is 5.91 Å². The van der Waals surface area contributed by atoms with Gasteiger partial charge in [0.1, 0.15) is 6.54 Å². The van der Waals surface area contributed by atoms with Crippen molar-refractivity contribution in [3.63, 3.8) is 0 Å². The Bertz CT molecular complexity index is 1100. The largest absolute Gasteiger partial charge is 0.350 e. The summed E-state index contributed by atoms with van der Waals surface area (Å²) in [4.78, 5) is 45.6. The molecule has 2 N–H and O–H groups in total. The van der Waals surface area contributed by atoms with Crippen LogP contribution in [0.3, 0.4) is 0 Å². The molecule has 32 heavy (non-hydrogen) atoms. The maximum atomic E-state index is 13.3. The lowest BCUT2D eigenvalue weighted by Crippen LogP contribution is -2.47. The number of hydrogen-bond donors (Lipinski definition) is 2. The van der Waals surface area contributed by atoms with E-state index in [9.17, 15) is 14.4 Å². The Morgan fingerprint density at radius 2 is 2.09 bits per heavy atom. The van der Waals surface area contributed by atoms with Crippen molar-refractivity contribution in [1.29, 1.82) is 0 Å². The summed E-state index contributed by atoms with van der Waals surface area (Å²) in [7, 11) is 0. The Labute approximate surface area is 190 Å². The predicted octanol–water partition coefficient (Wildman–Crippen LogP) is 2.40. The van der Waals surface area contributed by atoms with E-state index in [0.29, 0.717) is 28.4 Å². The predicted molar refractivity (Wildman–Crippen MR) is 119 cm³/mol. The third kappa shape index (κ3) is 4.22. The fraction of sp³-hybridized carbons (Fsp3) is 0.217. The minimum atomic E-state index is -0.691. The lowest BCUT2D eigenvalue weighted by Gasteiger charge is -2.33. The Morgan fingerprint density at radius 3 is 2.81 bits per heavy atom. The molecule has 0 aliphatic carbocycles. The number of carbonyl (C=O) groups excluding carboxylic acids is 3. The smallest absolute Gasteiger partial charge is 0.322 e. The minimum Gasteiger partial charge on any atom is -0.350 e. The van der Waals surface area contributed by atoms with Gasteiger partial charge in [-0.15, -0.1) is 6.58 Å². The summed E-state index contributed by atoms with van der Waals surface area (Å²) in [5.41, 5.74) is 2.46. The molecule has 2 aromatic rings. The highest BCUT2D eigenvalue weighted by Crippen LogP contribution is 2.38. The van der Waals surface area contributed by atoms with Crippen molar-refractivity contribution in [2.24, 2.45) is 0 Å². The molecule has 1 aromatic heterocycles. The van der Waals surface area contributed by atoms with Gasteiger partial charge in [-0.25, -0.2) is 4.79 Å². The van der Waals surface area contributed by atoms with Gasteiger partial charge in [-0.2, -0.15) is 0 Å². The van der Waals surface area contributed by atoms with Crippen molar-refractivity contribution < 1.29 is 14.4 Å². The first-order valence-electron chi connectivity index (χ1n) is 10.1. The fourth-order valence-electron chi connectivity index (χ4n) is 3.87. The third-order valence-electron chi connectivity index (χ3n) is 5.37. The van der Waals surface area contributed by atoms with Crippen molar-refractivity contribution in [1.82, 2.24) is 25.4 Å². The number of carbonyl (C=O) groups is 3. The first-order chi connectivity index (χ1) is 15.5. The number of aromatic nitrogens is 1. The molecule has 1 atom stereocenters. The molecule has 0 saturated heterocycles. The van der Waals surface area contributed by atoms with Gasteiger partial charge in [-0.05, 0) is 23.3 Å². The van der Waals surface area contributed by atoms with Crippen LogP contribution in [0.2, 0.25) is 5.02 Å². The Kier molecular flexibility index (Phi) is 6.23. The molecule has 0 saturated carbocycles. The molecule has 164 valence electrons. The fourth-order valence-corrected chi connectivity index (χ4v) is 4.12. The first-order valence-corrected chi connectivity index (χ1v) is 10.5. The monoisotopic (exact) mass is 451 g/mol. The molecule has 4 amide bonds. The Balaban J connectivity index is 1.55. The number of hydrogen-bond acceptors (Lipinski definition) is 4. The molecule has 0 spiro atoms. The van der Waals surface area contributed by atoms with Crippen molar-refractivity contribution in [2.45, 2.75) is 12.6 Å². The van der Waals surface area contributed by atoms with Crippen LogP contribution in [-0.4, -0.2) is 52.3 Å². The second kappa shape index (κ2) is 9.23. The standard InChI is InChI=1S/C23H22ClN5O3/c1-2-10-29-18-13-28(14-19(30)26-12-15-6-5-9-25-11-15)22(31)20(18)21(27-23(29)32)16-7-3-4-8-17(16)24/h2-9,11,21H,1,10,12-14H2,(H,26,30)(H,27,32)/t21-/m1/s1. The van der Waals surface area contributed by atoms with Crippen molar-refractivity contribution in [2.75, 3.05) is 19.6 Å². The van der Waals surface area contributed by atoms with Gasteiger partial charge in [-0.3, -0.25) is 19.5 Å². The summed E-state index contributed by atoms with van der Waals surface area (Å²) in [6.45, 7) is 4.28. The molecule has 2 aliphatic rings. The topological polar surface area (TPSA) is 94.6 Å². The van der Waals surface area contributed by atoms with Crippen molar-refractivity contribution in [3.05, 3.63) is 88.9 Å². The number of urea groups is 1. The van der Waals surface area contributed by atoms with Crippen LogP contribution in [0.15, 0.2) is 72.7 Å². The van der Waals surface area contributed by atoms with E-state index in [-0.39, 0.29) is 37.5 Å². The van der Waals surface area contributed by atoms with E-state index >= 15 is 0 Å². The van der Waals surface area contributed by atoms with Gasteiger partial charge < -0.3 is 15.5 Å². The van der Waals surface area contributed by atoms with Gasteiger partial charge in [0, 0.05) is 30.5 Å². The highest BCUT2D eigenvalue weighted by molar-refractivity contribution is 6.31. The van der Waals surface area contributed by atoms with E-state index in [2.05, 4.69) is 22.2 Å². The normalized spacial score (nSPS) is 17.8. The summed E-state index contributed by atoms with van der Waals surface area (Å²) < 4.78 is 0. The van der Waals surface area contributed by atoms with E-state index in [4.69, 9.17) is 11.6 Å². The number of nitrogens with zero attached hydrogens (tertiary/aromatic N) is 3. The van der Waals surface area contributed by atoms with Crippen molar-refractivity contribution >= 4 is 29.4 Å². The maximum Gasteiger partial charge on any atom is 0.322 e. The summed E-state index contributed by atoms with van der Waals surface area (Å²) in [6.07, 6.45) is 4.91. The van der Waals surface area contributed by atoms with Gasteiger partial charge in [-0.1, -0.05) is 41.9 Å². The van der Waals surface area contributed by atoms with Gasteiger partial charge in [0.05, 0.1) is 23.9 Å². The van der Waals surface area contributed by atoms with E-state index < -0.39 is 6.04 Å². The zero-order chi connectivity index (χ0) is 22.7. The highest BCUT2D eigenvalue weighted by Gasteiger charge is 2.44. The van der Waals surface area contributed by atoms with Crippen LogP contribution in [0, 0.1) is 0 Å². The molecule has 3 heterocycles. The molecule has 2 aliphatic heterocycles. The number of pyridine rings is 1. The van der Waals surface area contributed by atoms with E-state index in [1.807, 2.05) is 6.07 Å². The molecule has 0 radical (unpaired) electrons. The number of halogens is 1. The van der Waals surface area contributed by atoms with Gasteiger partial charge >= 0.3 is 6.03 Å². The quantitative estimate of drug-likeness (QED) is 0.632. The molecular weight excluding hydrogens is 430 g/mol. The van der Waals surface area contributed by atoms with E-state index in [1.165, 1.54) is 9.80 Å². The average Bonchev–Trinajstić information content (AvgIpc) is 3.11. The lowest BCUT2D eigenvalue weighted by atomic mass is 9.95. The Hall–Kier alpha value is -3.65. The number of amides is 4. The van der Waals surface area contributed by atoms with Crippen LogP contribution < -0.4 is 10.6 Å². The summed E-state index contributed by atoms with van der Waals surface area (Å²) in [5, 5.41) is 6.12. The van der Waals surface area contributed by atoms with Crippen LogP contribution in [0.5, 0.6) is 0 Å². The molecule has 0 unspecified atom stereocenters. The molecule has 0 fully saturated rings. The average molecular weight is 452 g/mol. The number of benzene rings is 1. The number of rotatable bonds is 7. The van der Waals surface area contributed by atoms with Crippen LogP contribution in [0.25, 0.3) is 0 Å². The highest BCUT2D eigenvalue weighted by atomic mass is 35.5. The Morgan fingerprint density at radius 1 is 1.28 bits per heavy atom. The van der Waals surface area contributed by atoms with E-state index in [1.54, 1.807) is 48.8 Å². The summed E-state index contributed by atoms with van der Waals surface area (Å²) in [6, 6.07) is 9.68. The first kappa shape index (κ1) is 21.6. The van der Waals surface area contributed by atoms with Gasteiger partial charge in [0.25, 0.3) is 5.91 Å². The summed E-state index contributed by atoms with van der Waals surface area (Å²) in [5.74, 6) is -0.610. The van der Waals surface area contributed by atoms with E-state index in [0.717, 1.165) is 5.56 Å². The van der Waals surface area contributed by atoms with Crippen molar-refractivity contribution in [3.8, 4) is 0 Å². The second-order valence-electron chi connectivity index (χ2n) is 7.46. The molecule has 4 rings (SSSR count). The van der Waals surface area contributed by atoms with Crippen LogP contribution in [-0.2, 0) is 16.1 Å². The molecular formula is C23H22ClN5O3.